The predicted octanol–water partition coefficient (Wildman–Crippen LogP) is 3.47. The van der Waals surface area contributed by atoms with Crippen molar-refractivity contribution in [3.63, 3.8) is 0 Å². The van der Waals surface area contributed by atoms with Gasteiger partial charge in [-0.15, -0.1) is 0 Å². The number of hydrogen-bond acceptors (Lipinski definition) is 5. The van der Waals surface area contributed by atoms with Crippen molar-refractivity contribution in [2.24, 2.45) is 0 Å². The Bertz CT molecular complexity index is 292. The van der Waals surface area contributed by atoms with Crippen LogP contribution in [0.15, 0.2) is 0 Å². The average Bonchev–Trinajstić information content (AvgIpc) is 2.43. The Morgan fingerprint density at radius 3 is 2.48 bits per heavy atom. The van der Waals surface area contributed by atoms with Crippen LogP contribution in [0.25, 0.3) is 0 Å². The molecular formula is C15H33NO3SSi. The van der Waals surface area contributed by atoms with E-state index in [1.165, 1.54) is 0 Å². The summed E-state index contributed by atoms with van der Waals surface area (Å²) in [5.74, 6) is 0.316. The van der Waals surface area contributed by atoms with E-state index in [1.807, 2.05) is 25.5 Å². The van der Waals surface area contributed by atoms with Crippen LogP contribution in [0, 0.1) is 0 Å². The van der Waals surface area contributed by atoms with Crippen molar-refractivity contribution in [3.05, 3.63) is 0 Å². The Labute approximate surface area is 137 Å². The SMILES string of the molecule is CCCC(S)CCCC(=O)CC[Si](C)(OC)OCN(C)C. The van der Waals surface area contributed by atoms with Crippen molar-refractivity contribution < 1.29 is 13.6 Å². The van der Waals surface area contributed by atoms with Crippen LogP contribution in [0.1, 0.15) is 45.4 Å². The van der Waals surface area contributed by atoms with Crippen LogP contribution in [-0.4, -0.2) is 52.4 Å². The fourth-order valence-electron chi connectivity index (χ4n) is 2.00. The van der Waals surface area contributed by atoms with E-state index < -0.39 is 8.56 Å². The summed E-state index contributed by atoms with van der Waals surface area (Å²) in [5.41, 5.74) is 0. The highest BCUT2D eigenvalue weighted by molar-refractivity contribution is 7.80. The van der Waals surface area contributed by atoms with Gasteiger partial charge >= 0.3 is 8.56 Å². The Balaban J connectivity index is 3.93. The number of thiol groups is 1. The molecule has 4 nitrogen and oxygen atoms in total. The molecule has 0 aliphatic heterocycles. The molecule has 21 heavy (non-hydrogen) atoms. The summed E-state index contributed by atoms with van der Waals surface area (Å²) in [6.45, 7) is 4.73. The number of Topliss-reactive ketones (excluding diaryl/α,β-unsaturated/α-hetero) is 1. The lowest BCUT2D eigenvalue weighted by Crippen LogP contribution is -2.40. The van der Waals surface area contributed by atoms with Crippen LogP contribution in [0.4, 0.5) is 0 Å². The molecular weight excluding hydrogens is 302 g/mol. The van der Waals surface area contributed by atoms with Crippen molar-refractivity contribution >= 4 is 27.0 Å². The Kier molecular flexibility index (Phi) is 11.7. The molecule has 0 fully saturated rings. The standard InChI is InChI=1S/C15H33NO3SSi/c1-6-8-15(20)10-7-9-14(17)11-12-21(5,18-4)19-13-16(2)3/h15,20H,6-13H2,1-5H3. The summed E-state index contributed by atoms with van der Waals surface area (Å²) in [7, 11) is 3.40. The molecule has 0 amide bonds. The molecule has 0 spiro atoms. The third-order valence-electron chi connectivity index (χ3n) is 3.53. The van der Waals surface area contributed by atoms with Crippen LogP contribution in [-0.2, 0) is 13.6 Å². The highest BCUT2D eigenvalue weighted by Crippen LogP contribution is 2.18. The van der Waals surface area contributed by atoms with Gasteiger partial charge < -0.3 is 8.85 Å². The summed E-state index contributed by atoms with van der Waals surface area (Å²) in [5, 5.41) is 0.435. The highest BCUT2D eigenvalue weighted by Gasteiger charge is 2.30. The minimum absolute atomic E-state index is 0.316. The van der Waals surface area contributed by atoms with Crippen molar-refractivity contribution in [1.82, 2.24) is 4.90 Å². The van der Waals surface area contributed by atoms with Gasteiger partial charge in [0.05, 0.1) is 6.73 Å². The van der Waals surface area contributed by atoms with Gasteiger partial charge in [0.25, 0.3) is 0 Å². The fourth-order valence-corrected chi connectivity index (χ4v) is 4.17. The Morgan fingerprint density at radius 2 is 1.95 bits per heavy atom. The Morgan fingerprint density at radius 1 is 1.29 bits per heavy atom. The zero-order chi connectivity index (χ0) is 16.3. The molecule has 126 valence electrons. The number of carbonyl (C=O) groups is 1. The maximum atomic E-state index is 12.0. The van der Waals surface area contributed by atoms with Crippen LogP contribution in [0.2, 0.25) is 12.6 Å². The van der Waals surface area contributed by atoms with E-state index in [1.54, 1.807) is 7.11 Å². The molecule has 0 aromatic rings. The van der Waals surface area contributed by atoms with Crippen LogP contribution in [0.5, 0.6) is 0 Å². The second-order valence-electron chi connectivity index (χ2n) is 6.06. The van der Waals surface area contributed by atoms with Gasteiger partial charge in [-0.2, -0.15) is 12.6 Å². The molecule has 0 aromatic heterocycles. The second-order valence-corrected chi connectivity index (χ2v) is 10.3. The molecule has 0 aliphatic rings. The van der Waals surface area contributed by atoms with Crippen LogP contribution < -0.4 is 0 Å². The van der Waals surface area contributed by atoms with Gasteiger partial charge in [-0.1, -0.05) is 13.3 Å². The number of ketones is 1. The van der Waals surface area contributed by atoms with Gasteiger partial charge in [0, 0.05) is 25.2 Å². The van der Waals surface area contributed by atoms with E-state index in [0.717, 1.165) is 31.7 Å². The first-order valence-electron chi connectivity index (χ1n) is 7.86. The van der Waals surface area contributed by atoms with Gasteiger partial charge in [-0.05, 0) is 45.9 Å². The first kappa shape index (κ1) is 21.1. The fraction of sp³-hybridized carbons (Fsp3) is 0.933. The number of carbonyl (C=O) groups excluding carboxylic acids is 1. The molecule has 0 bridgehead atoms. The monoisotopic (exact) mass is 335 g/mol. The normalized spacial score (nSPS) is 16.0. The summed E-state index contributed by atoms with van der Waals surface area (Å²) >= 11 is 4.52. The van der Waals surface area contributed by atoms with Gasteiger partial charge in [0.2, 0.25) is 0 Å². The molecule has 2 unspecified atom stereocenters. The van der Waals surface area contributed by atoms with E-state index >= 15 is 0 Å². The summed E-state index contributed by atoms with van der Waals surface area (Å²) in [6, 6.07) is 0.732. The lowest BCUT2D eigenvalue weighted by molar-refractivity contribution is -0.119. The van der Waals surface area contributed by atoms with Gasteiger partial charge in [-0.3, -0.25) is 9.69 Å². The summed E-state index contributed by atoms with van der Waals surface area (Å²) < 4.78 is 11.4. The molecule has 0 aromatic carbocycles. The highest BCUT2D eigenvalue weighted by atomic mass is 32.1. The minimum atomic E-state index is -2.20. The first-order valence-corrected chi connectivity index (χ1v) is 10.9. The third kappa shape index (κ3) is 11.4. The number of hydrogen-bond donors (Lipinski definition) is 1. The van der Waals surface area contributed by atoms with E-state index in [9.17, 15) is 4.79 Å². The molecule has 2 atom stereocenters. The molecule has 6 heteroatoms. The average molecular weight is 336 g/mol. The van der Waals surface area contributed by atoms with E-state index in [2.05, 4.69) is 19.6 Å². The van der Waals surface area contributed by atoms with Gasteiger partial charge in [-0.25, -0.2) is 0 Å². The largest absolute Gasteiger partial charge is 0.398 e. The molecule has 0 aliphatic carbocycles. The smallest absolute Gasteiger partial charge is 0.336 e. The van der Waals surface area contributed by atoms with Gasteiger partial charge in [0.15, 0.2) is 0 Å². The molecule has 0 N–H and O–H groups in total. The van der Waals surface area contributed by atoms with Crippen molar-refractivity contribution in [2.75, 3.05) is 27.9 Å². The molecule has 0 saturated carbocycles. The zero-order valence-corrected chi connectivity index (χ0v) is 16.2. The van der Waals surface area contributed by atoms with E-state index in [-0.39, 0.29) is 0 Å². The van der Waals surface area contributed by atoms with Crippen molar-refractivity contribution in [3.8, 4) is 0 Å². The predicted molar refractivity (Wildman–Crippen MR) is 94.2 cm³/mol. The van der Waals surface area contributed by atoms with E-state index in [0.29, 0.717) is 30.6 Å². The second kappa shape index (κ2) is 11.7. The Hall–Kier alpha value is 0.117. The summed E-state index contributed by atoms with van der Waals surface area (Å²) in [4.78, 5) is 13.9. The quantitative estimate of drug-likeness (QED) is 0.318. The first-order chi connectivity index (χ1) is 9.83. The third-order valence-corrected chi connectivity index (χ3v) is 6.81. The van der Waals surface area contributed by atoms with Crippen molar-refractivity contribution in [2.45, 2.75) is 63.3 Å². The lowest BCUT2D eigenvalue weighted by Gasteiger charge is -2.26. The van der Waals surface area contributed by atoms with Crippen molar-refractivity contribution in [1.29, 1.82) is 0 Å². The maximum absolute atomic E-state index is 12.0. The molecule has 0 rings (SSSR count). The maximum Gasteiger partial charge on any atom is 0.336 e. The zero-order valence-electron chi connectivity index (χ0n) is 14.4. The molecule has 0 saturated heterocycles. The molecule has 0 radical (unpaired) electrons. The lowest BCUT2D eigenvalue weighted by atomic mass is 10.1. The molecule has 0 heterocycles. The van der Waals surface area contributed by atoms with E-state index in [4.69, 9.17) is 8.85 Å². The number of nitrogens with zero attached hydrogens (tertiary/aromatic N) is 1. The van der Waals surface area contributed by atoms with Crippen LogP contribution in [0.3, 0.4) is 0 Å². The summed E-state index contributed by atoms with van der Waals surface area (Å²) in [6.07, 6.45) is 5.47. The minimum Gasteiger partial charge on any atom is -0.398 e. The number of rotatable bonds is 13. The van der Waals surface area contributed by atoms with Gasteiger partial charge in [0.1, 0.15) is 5.78 Å². The topological polar surface area (TPSA) is 38.8 Å². The van der Waals surface area contributed by atoms with Crippen LogP contribution >= 0.6 is 12.6 Å².